The lowest BCUT2D eigenvalue weighted by Gasteiger charge is -2.16. The molecule has 2 aromatic rings. The first-order valence-electron chi connectivity index (χ1n) is 5.22. The normalized spacial score (nSPS) is 13.6. The SMILES string of the molecule is Cc1ccc(C(N)c2cnccc2C(F)(F)F)s1. The van der Waals surface area contributed by atoms with Gasteiger partial charge in [0.1, 0.15) is 0 Å². The van der Waals surface area contributed by atoms with Gasteiger partial charge in [0.05, 0.1) is 11.6 Å². The molecule has 2 aromatic heterocycles. The van der Waals surface area contributed by atoms with Crippen molar-refractivity contribution in [3.05, 3.63) is 51.5 Å². The Morgan fingerprint density at radius 1 is 1.28 bits per heavy atom. The van der Waals surface area contributed by atoms with Crippen LogP contribution in [0.4, 0.5) is 13.2 Å². The van der Waals surface area contributed by atoms with E-state index in [9.17, 15) is 13.2 Å². The largest absolute Gasteiger partial charge is 0.416 e. The summed E-state index contributed by atoms with van der Waals surface area (Å²) in [7, 11) is 0. The zero-order valence-corrected chi connectivity index (χ0v) is 10.3. The van der Waals surface area contributed by atoms with E-state index in [1.54, 1.807) is 6.07 Å². The fourth-order valence-electron chi connectivity index (χ4n) is 1.69. The topological polar surface area (TPSA) is 38.9 Å². The van der Waals surface area contributed by atoms with Crippen LogP contribution in [0, 0.1) is 6.92 Å². The molecule has 1 atom stereocenters. The Morgan fingerprint density at radius 3 is 2.56 bits per heavy atom. The van der Waals surface area contributed by atoms with Crippen LogP contribution in [0.3, 0.4) is 0 Å². The van der Waals surface area contributed by atoms with Crippen molar-refractivity contribution in [3.63, 3.8) is 0 Å². The number of hydrogen-bond donors (Lipinski definition) is 1. The molecule has 0 fully saturated rings. The molecule has 0 saturated carbocycles. The Hall–Kier alpha value is -1.40. The number of aryl methyl sites for hydroxylation is 1. The van der Waals surface area contributed by atoms with Gasteiger partial charge in [-0.15, -0.1) is 11.3 Å². The van der Waals surface area contributed by atoms with Gasteiger partial charge in [-0.3, -0.25) is 4.98 Å². The van der Waals surface area contributed by atoms with Crippen molar-refractivity contribution in [2.45, 2.75) is 19.1 Å². The second kappa shape index (κ2) is 4.70. The van der Waals surface area contributed by atoms with Crippen molar-refractivity contribution in [1.29, 1.82) is 0 Å². The van der Waals surface area contributed by atoms with E-state index in [4.69, 9.17) is 5.73 Å². The Labute approximate surface area is 106 Å². The third-order valence-corrected chi connectivity index (χ3v) is 3.64. The van der Waals surface area contributed by atoms with Crippen molar-refractivity contribution in [3.8, 4) is 0 Å². The molecule has 0 spiro atoms. The number of alkyl halides is 3. The molecule has 0 aliphatic rings. The summed E-state index contributed by atoms with van der Waals surface area (Å²) in [6, 6.07) is 3.74. The van der Waals surface area contributed by atoms with E-state index in [1.807, 2.05) is 13.0 Å². The summed E-state index contributed by atoms with van der Waals surface area (Å²) in [5.41, 5.74) is 5.18. The molecular formula is C12H11F3N2S. The van der Waals surface area contributed by atoms with Gasteiger partial charge in [-0.2, -0.15) is 13.2 Å². The Bertz CT molecular complexity index is 548. The molecule has 96 valence electrons. The van der Waals surface area contributed by atoms with Crippen LogP contribution in [0.5, 0.6) is 0 Å². The molecule has 0 bridgehead atoms. The molecule has 0 saturated heterocycles. The van der Waals surface area contributed by atoms with Crippen molar-refractivity contribution < 1.29 is 13.2 Å². The lowest BCUT2D eigenvalue weighted by atomic mass is 10.0. The molecule has 0 aliphatic carbocycles. The maximum absolute atomic E-state index is 12.8. The molecule has 0 radical (unpaired) electrons. The summed E-state index contributed by atoms with van der Waals surface area (Å²) in [6.45, 7) is 1.88. The zero-order chi connectivity index (χ0) is 13.3. The number of nitrogens with zero attached hydrogens (tertiary/aromatic N) is 1. The van der Waals surface area contributed by atoms with Crippen molar-refractivity contribution in [2.75, 3.05) is 0 Å². The van der Waals surface area contributed by atoms with Crippen LogP contribution in [0.1, 0.15) is 26.9 Å². The second-order valence-corrected chi connectivity index (χ2v) is 5.21. The van der Waals surface area contributed by atoms with Crippen LogP contribution in [-0.4, -0.2) is 4.98 Å². The van der Waals surface area contributed by atoms with Crippen LogP contribution in [0.25, 0.3) is 0 Å². The maximum atomic E-state index is 12.8. The number of halogens is 3. The van der Waals surface area contributed by atoms with Crippen LogP contribution in [-0.2, 0) is 6.18 Å². The van der Waals surface area contributed by atoms with Gasteiger partial charge in [0.15, 0.2) is 0 Å². The highest BCUT2D eigenvalue weighted by atomic mass is 32.1. The van der Waals surface area contributed by atoms with Crippen LogP contribution < -0.4 is 5.73 Å². The lowest BCUT2D eigenvalue weighted by Crippen LogP contribution is -2.18. The number of aromatic nitrogens is 1. The predicted octanol–water partition coefficient (Wildman–Crippen LogP) is 3.52. The number of nitrogens with two attached hydrogens (primary N) is 1. The Morgan fingerprint density at radius 2 is 2.00 bits per heavy atom. The summed E-state index contributed by atoms with van der Waals surface area (Å²) in [5, 5.41) is 0. The molecule has 2 heterocycles. The molecule has 0 aromatic carbocycles. The first kappa shape index (κ1) is 13.0. The predicted molar refractivity (Wildman–Crippen MR) is 64.3 cm³/mol. The zero-order valence-electron chi connectivity index (χ0n) is 9.53. The maximum Gasteiger partial charge on any atom is 0.416 e. The fourth-order valence-corrected chi connectivity index (χ4v) is 2.58. The van der Waals surface area contributed by atoms with Gasteiger partial charge < -0.3 is 5.73 Å². The van der Waals surface area contributed by atoms with E-state index in [1.165, 1.54) is 17.5 Å². The monoisotopic (exact) mass is 272 g/mol. The Kier molecular flexibility index (Phi) is 3.41. The fraction of sp³-hybridized carbons (Fsp3) is 0.250. The van der Waals surface area contributed by atoms with Crippen molar-refractivity contribution in [1.82, 2.24) is 4.98 Å². The summed E-state index contributed by atoms with van der Waals surface area (Å²) >= 11 is 1.39. The molecular weight excluding hydrogens is 261 g/mol. The first-order valence-corrected chi connectivity index (χ1v) is 6.04. The van der Waals surface area contributed by atoms with E-state index in [2.05, 4.69) is 4.98 Å². The molecule has 2 rings (SSSR count). The van der Waals surface area contributed by atoms with E-state index in [0.717, 1.165) is 17.1 Å². The molecule has 18 heavy (non-hydrogen) atoms. The first-order chi connectivity index (χ1) is 8.39. The van der Waals surface area contributed by atoms with Gasteiger partial charge >= 0.3 is 6.18 Å². The molecule has 0 aliphatic heterocycles. The summed E-state index contributed by atoms with van der Waals surface area (Å²) < 4.78 is 38.5. The minimum atomic E-state index is -4.41. The highest BCUT2D eigenvalue weighted by Gasteiger charge is 2.35. The number of pyridine rings is 1. The lowest BCUT2D eigenvalue weighted by molar-refractivity contribution is -0.138. The van der Waals surface area contributed by atoms with E-state index >= 15 is 0 Å². The quantitative estimate of drug-likeness (QED) is 0.908. The highest BCUT2D eigenvalue weighted by Crippen LogP contribution is 2.36. The number of rotatable bonds is 2. The molecule has 6 heteroatoms. The van der Waals surface area contributed by atoms with E-state index in [0.29, 0.717) is 4.88 Å². The standard InChI is InChI=1S/C12H11F3N2S/c1-7-2-3-10(18-7)11(16)8-6-17-5-4-9(8)12(13,14)15/h2-6,11H,16H2,1H3. The second-order valence-electron chi connectivity index (χ2n) is 3.89. The minimum absolute atomic E-state index is 0.00634. The summed E-state index contributed by atoms with van der Waals surface area (Å²) in [4.78, 5) is 5.45. The number of thiophene rings is 1. The molecule has 2 nitrogen and oxygen atoms in total. The van der Waals surface area contributed by atoms with E-state index in [-0.39, 0.29) is 5.56 Å². The van der Waals surface area contributed by atoms with Gasteiger partial charge in [-0.1, -0.05) is 0 Å². The van der Waals surface area contributed by atoms with Crippen molar-refractivity contribution in [2.24, 2.45) is 5.73 Å². The van der Waals surface area contributed by atoms with Crippen LogP contribution >= 0.6 is 11.3 Å². The van der Waals surface area contributed by atoms with Gasteiger partial charge in [-0.25, -0.2) is 0 Å². The molecule has 2 N–H and O–H groups in total. The van der Waals surface area contributed by atoms with Gasteiger partial charge in [0.2, 0.25) is 0 Å². The number of hydrogen-bond acceptors (Lipinski definition) is 3. The summed E-state index contributed by atoms with van der Waals surface area (Å²) in [6.07, 6.45) is -2.11. The van der Waals surface area contributed by atoms with Crippen LogP contribution in [0.2, 0.25) is 0 Å². The van der Waals surface area contributed by atoms with Crippen molar-refractivity contribution >= 4 is 11.3 Å². The molecule has 0 amide bonds. The smallest absolute Gasteiger partial charge is 0.320 e. The average molecular weight is 272 g/mol. The van der Waals surface area contributed by atoms with E-state index < -0.39 is 17.8 Å². The van der Waals surface area contributed by atoms with Gasteiger partial charge in [0.25, 0.3) is 0 Å². The summed E-state index contributed by atoms with van der Waals surface area (Å²) in [5.74, 6) is 0. The highest BCUT2D eigenvalue weighted by molar-refractivity contribution is 7.12. The van der Waals surface area contributed by atoms with Crippen LogP contribution in [0.15, 0.2) is 30.6 Å². The third kappa shape index (κ3) is 2.54. The van der Waals surface area contributed by atoms with Gasteiger partial charge in [0, 0.05) is 27.7 Å². The van der Waals surface area contributed by atoms with Gasteiger partial charge in [-0.05, 0) is 25.1 Å². The minimum Gasteiger partial charge on any atom is -0.320 e. The Balaban J connectivity index is 2.45. The average Bonchev–Trinajstić information content (AvgIpc) is 2.74. The third-order valence-electron chi connectivity index (χ3n) is 2.56. The molecule has 1 unspecified atom stereocenters.